The summed E-state index contributed by atoms with van der Waals surface area (Å²) in [5, 5.41) is 11.6. The number of pyridine rings is 1. The summed E-state index contributed by atoms with van der Waals surface area (Å²) in [5.74, 6) is -0.672. The molecule has 3 heterocycles. The Bertz CT molecular complexity index is 1440. The van der Waals surface area contributed by atoms with E-state index in [4.69, 9.17) is 9.47 Å². The number of benzene rings is 1. The molecule has 1 atom stereocenters. The van der Waals surface area contributed by atoms with Crippen molar-refractivity contribution in [1.29, 1.82) is 0 Å². The van der Waals surface area contributed by atoms with Crippen molar-refractivity contribution in [1.82, 2.24) is 19.2 Å². The number of aryl methyl sites for hydroxylation is 2. The maximum absolute atomic E-state index is 13.5. The lowest BCUT2D eigenvalue weighted by atomic mass is 9.96. The zero-order valence-electron chi connectivity index (χ0n) is 23.2. The van der Waals surface area contributed by atoms with E-state index >= 15 is 0 Å². The van der Waals surface area contributed by atoms with Crippen molar-refractivity contribution in [2.45, 2.75) is 33.2 Å². The van der Waals surface area contributed by atoms with Crippen LogP contribution in [0.15, 0.2) is 54.8 Å². The van der Waals surface area contributed by atoms with Gasteiger partial charge in [-0.05, 0) is 77.2 Å². The summed E-state index contributed by atoms with van der Waals surface area (Å²) >= 11 is 0. The van der Waals surface area contributed by atoms with E-state index in [-0.39, 0.29) is 17.0 Å². The van der Waals surface area contributed by atoms with Crippen molar-refractivity contribution in [3.05, 3.63) is 77.3 Å². The fourth-order valence-corrected chi connectivity index (χ4v) is 4.92. The van der Waals surface area contributed by atoms with E-state index in [1.54, 1.807) is 24.3 Å². The molecule has 1 aliphatic heterocycles. The summed E-state index contributed by atoms with van der Waals surface area (Å²) in [6.45, 7) is 11.1. The Labute approximate surface area is 229 Å². The molecule has 206 valence electrons. The normalized spacial score (nSPS) is 16.9. The van der Waals surface area contributed by atoms with Crippen LogP contribution in [-0.4, -0.2) is 76.4 Å². The molecule has 1 fully saturated rings. The summed E-state index contributed by atoms with van der Waals surface area (Å²) in [6.07, 6.45) is 4.15. The van der Waals surface area contributed by atoms with E-state index in [0.717, 1.165) is 12.1 Å². The highest BCUT2D eigenvalue weighted by atomic mass is 16.5. The minimum Gasteiger partial charge on any atom is -0.505 e. The van der Waals surface area contributed by atoms with E-state index in [1.807, 2.05) is 62.5 Å². The van der Waals surface area contributed by atoms with Crippen LogP contribution in [0, 0.1) is 13.8 Å². The zero-order valence-corrected chi connectivity index (χ0v) is 23.2. The first kappa shape index (κ1) is 27.9. The number of aromatic nitrogens is 2. The molecule has 1 aromatic carbocycles. The van der Waals surface area contributed by atoms with E-state index in [2.05, 4.69) is 11.6 Å². The molecule has 0 radical (unpaired) electrons. The van der Waals surface area contributed by atoms with E-state index in [1.165, 1.54) is 4.90 Å². The molecule has 9 nitrogen and oxygen atoms in total. The van der Waals surface area contributed by atoms with Gasteiger partial charge in [-0.3, -0.25) is 9.59 Å². The fourth-order valence-electron chi connectivity index (χ4n) is 4.92. The lowest BCUT2D eigenvalue weighted by Crippen LogP contribution is -2.32. The van der Waals surface area contributed by atoms with Gasteiger partial charge >= 0.3 is 0 Å². The topological polar surface area (TPSA) is 96.6 Å². The van der Waals surface area contributed by atoms with Gasteiger partial charge in [0.2, 0.25) is 0 Å². The molecule has 0 saturated carbocycles. The van der Waals surface area contributed by atoms with Gasteiger partial charge in [0.1, 0.15) is 17.9 Å². The Morgan fingerprint density at radius 3 is 2.62 bits per heavy atom. The molecule has 3 aromatic rings. The number of hydrogen-bond donors (Lipinski definition) is 1. The number of amides is 1. The van der Waals surface area contributed by atoms with Crippen LogP contribution in [0.1, 0.15) is 41.9 Å². The fraction of sp³-hybridized carbons (Fsp3) is 0.367. The lowest BCUT2D eigenvalue weighted by Gasteiger charge is -2.26. The van der Waals surface area contributed by atoms with Crippen LogP contribution in [0.25, 0.3) is 11.4 Å². The number of likely N-dealkylation sites (tertiary alicyclic amines) is 1. The molecule has 1 amide bonds. The minimum absolute atomic E-state index is 0.0104. The third-order valence-corrected chi connectivity index (χ3v) is 6.79. The summed E-state index contributed by atoms with van der Waals surface area (Å²) in [4.78, 5) is 35.1. The van der Waals surface area contributed by atoms with Gasteiger partial charge in [0.25, 0.3) is 11.7 Å². The van der Waals surface area contributed by atoms with Crippen molar-refractivity contribution in [2.75, 3.05) is 40.4 Å². The van der Waals surface area contributed by atoms with Gasteiger partial charge in [0.05, 0.1) is 23.9 Å². The van der Waals surface area contributed by atoms with Gasteiger partial charge in [0.15, 0.2) is 17.3 Å². The Morgan fingerprint density at radius 2 is 1.95 bits per heavy atom. The van der Waals surface area contributed by atoms with Crippen molar-refractivity contribution in [3.63, 3.8) is 0 Å². The first-order chi connectivity index (χ1) is 18.7. The molecule has 1 unspecified atom stereocenters. The Hall–Kier alpha value is -4.11. The summed E-state index contributed by atoms with van der Waals surface area (Å²) < 4.78 is 13.5. The number of aliphatic hydroxyl groups excluding tert-OH is 1. The molecule has 1 aliphatic rings. The molecule has 1 N–H and O–H groups in total. The van der Waals surface area contributed by atoms with Crippen LogP contribution in [0.4, 0.5) is 0 Å². The van der Waals surface area contributed by atoms with E-state index < -0.39 is 17.7 Å². The summed E-state index contributed by atoms with van der Waals surface area (Å²) in [5.41, 5.74) is 3.19. The van der Waals surface area contributed by atoms with Crippen LogP contribution in [0.3, 0.4) is 0 Å². The second-order valence-corrected chi connectivity index (χ2v) is 9.82. The average molecular weight is 533 g/mol. The monoisotopic (exact) mass is 532 g/mol. The van der Waals surface area contributed by atoms with Crippen LogP contribution in [-0.2, 0) is 9.59 Å². The number of fused-ring (bicyclic) bond motifs is 1. The zero-order chi connectivity index (χ0) is 28.3. The van der Waals surface area contributed by atoms with Crippen LogP contribution in [0.5, 0.6) is 11.5 Å². The quantitative estimate of drug-likeness (QED) is 0.170. The van der Waals surface area contributed by atoms with E-state index in [0.29, 0.717) is 54.6 Å². The molecule has 1 saturated heterocycles. The summed E-state index contributed by atoms with van der Waals surface area (Å²) in [6, 6.07) is 8.33. The number of carbonyl (C=O) groups excluding carboxylic acids is 2. The molecule has 4 rings (SSSR count). The second-order valence-electron chi connectivity index (χ2n) is 9.82. The van der Waals surface area contributed by atoms with Gasteiger partial charge < -0.3 is 28.8 Å². The molecule has 9 heteroatoms. The Balaban J connectivity index is 1.89. The molecule has 39 heavy (non-hydrogen) atoms. The number of ketones is 1. The second kappa shape index (κ2) is 11.7. The minimum atomic E-state index is -0.815. The molecule has 2 aromatic heterocycles. The number of rotatable bonds is 11. The van der Waals surface area contributed by atoms with Crippen molar-refractivity contribution < 1.29 is 24.2 Å². The maximum Gasteiger partial charge on any atom is 0.295 e. The summed E-state index contributed by atoms with van der Waals surface area (Å²) in [7, 11) is 3.91. The number of imidazole rings is 1. The van der Waals surface area contributed by atoms with Crippen LogP contribution in [0.2, 0.25) is 0 Å². The standard InChI is InChI=1S/C30H36N4O5/c1-7-17-39-22-13-12-21(18-23(22)38-8-2)26-24(28(36)30(37)34(26)16-10-14-32(5)6)27(35)25-20(4)33-15-9-11-19(3)29(33)31-25/h7,9,11-13,15,18,26,35H,1,8,10,14,16-17H2,2-6H3. The van der Waals surface area contributed by atoms with Gasteiger partial charge in [-0.1, -0.05) is 24.8 Å². The number of aliphatic hydroxyl groups is 1. The van der Waals surface area contributed by atoms with Crippen LogP contribution < -0.4 is 9.47 Å². The number of carbonyl (C=O) groups is 2. The molecule has 0 bridgehead atoms. The third kappa shape index (κ3) is 5.40. The average Bonchev–Trinajstić information content (AvgIpc) is 3.38. The van der Waals surface area contributed by atoms with Gasteiger partial charge in [-0.15, -0.1) is 0 Å². The first-order valence-electron chi connectivity index (χ1n) is 13.1. The highest BCUT2D eigenvalue weighted by Gasteiger charge is 2.46. The molecular formula is C30H36N4O5. The van der Waals surface area contributed by atoms with Crippen molar-refractivity contribution in [3.8, 4) is 11.5 Å². The third-order valence-electron chi connectivity index (χ3n) is 6.79. The Kier molecular flexibility index (Phi) is 8.40. The van der Waals surface area contributed by atoms with Crippen LogP contribution >= 0.6 is 0 Å². The number of nitrogens with zero attached hydrogens (tertiary/aromatic N) is 4. The van der Waals surface area contributed by atoms with Gasteiger partial charge in [-0.25, -0.2) is 4.98 Å². The van der Waals surface area contributed by atoms with Gasteiger partial charge in [0, 0.05) is 12.7 Å². The molecule has 0 spiro atoms. The number of Topliss-reactive ketones (excluding diaryl/α,β-unsaturated/α-hetero) is 1. The lowest BCUT2D eigenvalue weighted by molar-refractivity contribution is -0.139. The number of hydrogen-bond acceptors (Lipinski definition) is 7. The van der Waals surface area contributed by atoms with E-state index in [9.17, 15) is 14.7 Å². The molecular weight excluding hydrogens is 496 g/mol. The maximum atomic E-state index is 13.5. The Morgan fingerprint density at radius 1 is 1.18 bits per heavy atom. The van der Waals surface area contributed by atoms with Gasteiger partial charge in [-0.2, -0.15) is 0 Å². The SMILES string of the molecule is C=CCOc1ccc(C2C(=C(O)c3nc4c(C)cccn4c3C)C(=O)C(=O)N2CCCN(C)C)cc1OCC. The predicted octanol–water partition coefficient (Wildman–Crippen LogP) is 4.29. The van der Waals surface area contributed by atoms with Crippen molar-refractivity contribution >= 4 is 23.1 Å². The molecule has 0 aliphatic carbocycles. The largest absolute Gasteiger partial charge is 0.505 e. The first-order valence-corrected chi connectivity index (χ1v) is 13.1. The highest BCUT2D eigenvalue weighted by Crippen LogP contribution is 2.42. The highest BCUT2D eigenvalue weighted by molar-refractivity contribution is 6.46. The predicted molar refractivity (Wildman–Crippen MR) is 150 cm³/mol. The van der Waals surface area contributed by atoms with Crippen molar-refractivity contribution in [2.24, 2.45) is 0 Å². The number of ether oxygens (including phenoxy) is 2. The smallest absolute Gasteiger partial charge is 0.295 e.